The molecule has 2 aliphatic heterocycles. The van der Waals surface area contributed by atoms with E-state index in [1.165, 1.54) is 30.2 Å². The lowest BCUT2D eigenvalue weighted by Crippen LogP contribution is -2.53. The molecule has 2 saturated heterocycles. The van der Waals surface area contributed by atoms with Crippen molar-refractivity contribution in [2.45, 2.75) is 69.5 Å². The van der Waals surface area contributed by atoms with Crippen LogP contribution in [0.1, 0.15) is 46.5 Å². The summed E-state index contributed by atoms with van der Waals surface area (Å²) in [4.78, 5) is 32.5. The van der Waals surface area contributed by atoms with E-state index in [4.69, 9.17) is 11.6 Å². The molecule has 202 valence electrons. The standard InChI is InChI=1S/C27H37ClN4O4S/c1-19(2)31(16-15-30-12-5-4-6-13-30)26(33)20(3)32-14-11-25(27(32)34)29-37(35,36)24-10-8-21-17-23(28)9-7-22(21)18-24/h7-10,17-20,25,29H,4-6,11-16H2,1-3H3/t20-,25-/m0/s1. The molecular weight excluding hydrogens is 512 g/mol. The smallest absolute Gasteiger partial charge is 0.245 e. The Bertz CT molecular complexity index is 1250. The number of benzene rings is 2. The summed E-state index contributed by atoms with van der Waals surface area (Å²) in [6.07, 6.45) is 3.96. The van der Waals surface area contributed by atoms with E-state index >= 15 is 0 Å². The van der Waals surface area contributed by atoms with Crippen LogP contribution in [0.25, 0.3) is 10.8 Å². The number of halogens is 1. The fourth-order valence-electron chi connectivity index (χ4n) is 5.24. The van der Waals surface area contributed by atoms with Crippen LogP contribution >= 0.6 is 11.6 Å². The average Bonchev–Trinajstić information content (AvgIpc) is 3.22. The molecule has 10 heteroatoms. The van der Waals surface area contributed by atoms with Gasteiger partial charge in [-0.25, -0.2) is 8.42 Å². The van der Waals surface area contributed by atoms with Gasteiger partial charge in [0.1, 0.15) is 12.1 Å². The third-order valence-corrected chi connectivity index (χ3v) is 9.16. The van der Waals surface area contributed by atoms with Crippen LogP contribution in [-0.2, 0) is 19.6 Å². The van der Waals surface area contributed by atoms with Crippen molar-refractivity contribution in [1.29, 1.82) is 0 Å². The van der Waals surface area contributed by atoms with Gasteiger partial charge in [0.05, 0.1) is 4.90 Å². The molecule has 2 atom stereocenters. The molecule has 4 rings (SSSR count). The van der Waals surface area contributed by atoms with E-state index in [9.17, 15) is 18.0 Å². The summed E-state index contributed by atoms with van der Waals surface area (Å²) >= 11 is 6.03. The van der Waals surface area contributed by atoms with E-state index in [1.54, 1.807) is 37.3 Å². The molecule has 0 radical (unpaired) electrons. The van der Waals surface area contributed by atoms with E-state index in [-0.39, 0.29) is 22.8 Å². The Hall–Kier alpha value is -2.20. The molecular formula is C27H37ClN4O4S. The number of hydrogen-bond acceptors (Lipinski definition) is 5. The molecule has 0 aliphatic carbocycles. The van der Waals surface area contributed by atoms with Crippen LogP contribution in [0.3, 0.4) is 0 Å². The second-order valence-electron chi connectivity index (χ2n) is 10.4. The summed E-state index contributed by atoms with van der Waals surface area (Å²) < 4.78 is 28.8. The molecule has 2 amide bonds. The lowest BCUT2D eigenvalue weighted by Gasteiger charge is -2.35. The largest absolute Gasteiger partial charge is 0.337 e. The Morgan fingerprint density at radius 2 is 1.73 bits per heavy atom. The van der Waals surface area contributed by atoms with Crippen LogP contribution < -0.4 is 4.72 Å². The van der Waals surface area contributed by atoms with Gasteiger partial charge in [-0.3, -0.25) is 9.59 Å². The predicted octanol–water partition coefficient (Wildman–Crippen LogP) is 3.48. The molecule has 0 bridgehead atoms. The van der Waals surface area contributed by atoms with Gasteiger partial charge in [0.25, 0.3) is 0 Å². The van der Waals surface area contributed by atoms with Crippen LogP contribution in [0.4, 0.5) is 0 Å². The van der Waals surface area contributed by atoms with Gasteiger partial charge in [0, 0.05) is 30.7 Å². The summed E-state index contributed by atoms with van der Waals surface area (Å²) in [6, 6.07) is 8.46. The van der Waals surface area contributed by atoms with Gasteiger partial charge in [0.15, 0.2) is 0 Å². The molecule has 2 aliphatic rings. The van der Waals surface area contributed by atoms with Crippen LogP contribution in [-0.4, -0.2) is 85.8 Å². The normalized spacial score (nSPS) is 20.1. The number of sulfonamides is 1. The van der Waals surface area contributed by atoms with E-state index < -0.39 is 22.1 Å². The highest BCUT2D eigenvalue weighted by molar-refractivity contribution is 7.89. The zero-order valence-corrected chi connectivity index (χ0v) is 23.4. The van der Waals surface area contributed by atoms with Gasteiger partial charge in [-0.2, -0.15) is 4.72 Å². The Morgan fingerprint density at radius 1 is 1.05 bits per heavy atom. The highest BCUT2D eigenvalue weighted by Gasteiger charge is 2.40. The number of likely N-dealkylation sites (tertiary alicyclic amines) is 2. The maximum atomic E-state index is 13.4. The van der Waals surface area contributed by atoms with Crippen LogP contribution in [0.2, 0.25) is 5.02 Å². The van der Waals surface area contributed by atoms with E-state index in [0.29, 0.717) is 24.5 Å². The Kier molecular flexibility index (Phi) is 8.78. The zero-order valence-electron chi connectivity index (χ0n) is 21.8. The van der Waals surface area contributed by atoms with E-state index in [1.807, 2.05) is 18.7 Å². The van der Waals surface area contributed by atoms with Gasteiger partial charge in [-0.1, -0.05) is 30.2 Å². The van der Waals surface area contributed by atoms with Crippen molar-refractivity contribution in [2.24, 2.45) is 0 Å². The number of amides is 2. The number of hydrogen-bond donors (Lipinski definition) is 1. The number of nitrogens with zero attached hydrogens (tertiary/aromatic N) is 3. The number of carbonyl (C=O) groups excluding carboxylic acids is 2. The van der Waals surface area contributed by atoms with Crippen molar-refractivity contribution in [1.82, 2.24) is 19.4 Å². The Morgan fingerprint density at radius 3 is 2.43 bits per heavy atom. The minimum atomic E-state index is -3.93. The first-order valence-corrected chi connectivity index (χ1v) is 15.0. The third kappa shape index (κ3) is 6.45. The molecule has 0 spiro atoms. The van der Waals surface area contributed by atoms with Crippen molar-refractivity contribution in [2.75, 3.05) is 32.7 Å². The first kappa shape index (κ1) is 27.8. The number of fused-ring (bicyclic) bond motifs is 1. The fraction of sp³-hybridized carbons (Fsp3) is 0.556. The predicted molar refractivity (Wildman–Crippen MR) is 146 cm³/mol. The van der Waals surface area contributed by atoms with Crippen molar-refractivity contribution in [3.05, 3.63) is 41.4 Å². The van der Waals surface area contributed by atoms with Crippen molar-refractivity contribution >= 4 is 44.2 Å². The lowest BCUT2D eigenvalue weighted by molar-refractivity contribution is -0.144. The first-order valence-electron chi connectivity index (χ1n) is 13.1. The molecule has 37 heavy (non-hydrogen) atoms. The summed E-state index contributed by atoms with van der Waals surface area (Å²) in [5.74, 6) is -0.464. The number of rotatable bonds is 9. The molecule has 0 saturated carbocycles. The maximum absolute atomic E-state index is 13.4. The minimum absolute atomic E-state index is 0.00882. The van der Waals surface area contributed by atoms with Crippen molar-refractivity contribution in [3.63, 3.8) is 0 Å². The third-order valence-electron chi connectivity index (χ3n) is 7.46. The minimum Gasteiger partial charge on any atom is -0.337 e. The van der Waals surface area contributed by atoms with Gasteiger partial charge in [-0.05, 0) is 88.2 Å². The van der Waals surface area contributed by atoms with E-state index in [2.05, 4.69) is 9.62 Å². The Balaban J connectivity index is 1.40. The maximum Gasteiger partial charge on any atom is 0.245 e. The van der Waals surface area contributed by atoms with Crippen molar-refractivity contribution < 1.29 is 18.0 Å². The van der Waals surface area contributed by atoms with Crippen molar-refractivity contribution in [3.8, 4) is 0 Å². The van der Waals surface area contributed by atoms with Gasteiger partial charge in [0.2, 0.25) is 21.8 Å². The molecule has 8 nitrogen and oxygen atoms in total. The second-order valence-corrected chi connectivity index (χ2v) is 12.5. The quantitative estimate of drug-likeness (QED) is 0.518. The monoisotopic (exact) mass is 548 g/mol. The molecule has 0 aromatic heterocycles. The van der Waals surface area contributed by atoms with Crippen LogP contribution in [0.5, 0.6) is 0 Å². The summed E-state index contributed by atoms with van der Waals surface area (Å²) in [5, 5.41) is 2.14. The molecule has 0 unspecified atom stereocenters. The van der Waals surface area contributed by atoms with Gasteiger partial charge in [-0.15, -0.1) is 0 Å². The summed E-state index contributed by atoms with van der Waals surface area (Å²) in [6.45, 7) is 9.61. The number of nitrogens with one attached hydrogen (secondary N) is 1. The topological polar surface area (TPSA) is 90.0 Å². The second kappa shape index (κ2) is 11.7. The molecule has 2 heterocycles. The summed E-state index contributed by atoms with van der Waals surface area (Å²) in [5.41, 5.74) is 0. The molecule has 2 aromatic rings. The molecule has 2 fully saturated rings. The summed E-state index contributed by atoms with van der Waals surface area (Å²) in [7, 11) is -3.93. The fourth-order valence-corrected chi connectivity index (χ4v) is 6.68. The SMILES string of the molecule is CC(C)N(CCN1CCCCC1)C(=O)[C@H](C)N1CC[C@H](NS(=O)(=O)c2ccc3cc(Cl)ccc3c2)C1=O. The highest BCUT2D eigenvalue weighted by atomic mass is 35.5. The Labute approximate surface area is 225 Å². The highest BCUT2D eigenvalue weighted by Crippen LogP contribution is 2.24. The van der Waals surface area contributed by atoms with Crippen LogP contribution in [0, 0.1) is 0 Å². The average molecular weight is 549 g/mol. The number of piperidine rings is 1. The number of carbonyl (C=O) groups is 2. The molecule has 1 N–H and O–H groups in total. The zero-order chi connectivity index (χ0) is 26.7. The van der Waals surface area contributed by atoms with Gasteiger partial charge < -0.3 is 14.7 Å². The van der Waals surface area contributed by atoms with Crippen LogP contribution in [0.15, 0.2) is 41.3 Å². The van der Waals surface area contributed by atoms with E-state index in [0.717, 1.165) is 30.4 Å². The lowest BCUT2D eigenvalue weighted by atomic mass is 10.1. The first-order chi connectivity index (χ1) is 17.6. The molecule has 2 aromatic carbocycles. The van der Waals surface area contributed by atoms with Gasteiger partial charge >= 0.3 is 0 Å².